The molecule has 3 N–H and O–H groups in total. The zero-order chi connectivity index (χ0) is 13.3. The van der Waals surface area contributed by atoms with Gasteiger partial charge in [-0.15, -0.1) is 0 Å². The van der Waals surface area contributed by atoms with Crippen LogP contribution >= 0.6 is 0 Å². The van der Waals surface area contributed by atoms with Gasteiger partial charge in [0.2, 0.25) is 0 Å². The number of hydrogen-bond donors (Lipinski definition) is 3. The van der Waals surface area contributed by atoms with Crippen molar-refractivity contribution < 1.29 is 10.2 Å². The van der Waals surface area contributed by atoms with Gasteiger partial charge in [-0.1, -0.05) is 25.7 Å². The van der Waals surface area contributed by atoms with Crippen molar-refractivity contribution in [3.05, 3.63) is 0 Å². The van der Waals surface area contributed by atoms with E-state index in [2.05, 4.69) is 10.2 Å². The van der Waals surface area contributed by atoms with E-state index in [-0.39, 0.29) is 13.2 Å². The summed E-state index contributed by atoms with van der Waals surface area (Å²) >= 11 is 0. The zero-order valence-electron chi connectivity index (χ0n) is 11.8. The van der Waals surface area contributed by atoms with E-state index in [4.69, 9.17) is 10.2 Å². The molecule has 0 aliphatic heterocycles. The van der Waals surface area contributed by atoms with Gasteiger partial charge in [0.15, 0.2) is 0 Å². The molecule has 0 aromatic rings. The second-order valence-electron chi connectivity index (χ2n) is 5.67. The lowest BCUT2D eigenvalue weighted by Crippen LogP contribution is -2.45. The molecule has 0 saturated heterocycles. The normalized spacial score (nSPS) is 20.0. The maximum atomic E-state index is 9.12. The summed E-state index contributed by atoms with van der Waals surface area (Å²) in [4.78, 5) is 2.21. The molecule has 1 saturated carbocycles. The van der Waals surface area contributed by atoms with Gasteiger partial charge in [0.05, 0.1) is 13.2 Å². The Morgan fingerprint density at radius 2 is 1.56 bits per heavy atom. The Kier molecular flexibility index (Phi) is 7.82. The highest BCUT2D eigenvalue weighted by Gasteiger charge is 2.32. The number of nitrogens with one attached hydrogen (secondary N) is 1. The van der Waals surface area contributed by atoms with Gasteiger partial charge in [0.25, 0.3) is 0 Å². The third kappa shape index (κ3) is 5.22. The smallest absolute Gasteiger partial charge is 0.0558 e. The monoisotopic (exact) mass is 258 g/mol. The van der Waals surface area contributed by atoms with Crippen LogP contribution in [0.2, 0.25) is 0 Å². The van der Waals surface area contributed by atoms with Crippen molar-refractivity contribution in [2.75, 3.05) is 46.4 Å². The molecule has 1 rings (SSSR count). The summed E-state index contributed by atoms with van der Waals surface area (Å²) in [5.74, 6) is 0. The molecule has 0 radical (unpaired) electrons. The molecular weight excluding hydrogens is 228 g/mol. The first kappa shape index (κ1) is 15.9. The van der Waals surface area contributed by atoms with E-state index in [1.807, 2.05) is 7.05 Å². The van der Waals surface area contributed by atoms with Crippen LogP contribution in [0, 0.1) is 5.41 Å². The minimum absolute atomic E-state index is 0.176. The fourth-order valence-electron chi connectivity index (χ4n) is 3.27. The molecule has 0 spiro atoms. The van der Waals surface area contributed by atoms with E-state index in [0.29, 0.717) is 18.5 Å². The lowest BCUT2D eigenvalue weighted by Gasteiger charge is -2.37. The molecule has 4 nitrogen and oxygen atoms in total. The summed E-state index contributed by atoms with van der Waals surface area (Å²) in [5.41, 5.74) is 0.329. The van der Waals surface area contributed by atoms with Crippen molar-refractivity contribution in [3.63, 3.8) is 0 Å². The molecular formula is C14H30N2O2. The topological polar surface area (TPSA) is 55.7 Å². The molecule has 0 atom stereocenters. The number of hydrogen-bond acceptors (Lipinski definition) is 4. The molecule has 4 heteroatoms. The predicted octanol–water partition coefficient (Wildman–Crippen LogP) is 0.833. The average Bonchev–Trinajstić information content (AvgIpc) is 2.56. The molecule has 1 aliphatic carbocycles. The number of aliphatic hydroxyl groups is 2. The summed E-state index contributed by atoms with van der Waals surface area (Å²) in [5, 5.41) is 21.6. The molecule has 0 amide bonds. The SMILES string of the molecule is CNCC1(CN(CCO)CCO)CCCCCC1. The summed E-state index contributed by atoms with van der Waals surface area (Å²) < 4.78 is 0. The molecule has 18 heavy (non-hydrogen) atoms. The maximum absolute atomic E-state index is 9.12. The summed E-state index contributed by atoms with van der Waals surface area (Å²) in [6.07, 6.45) is 7.86. The van der Waals surface area contributed by atoms with Crippen LogP contribution in [0.25, 0.3) is 0 Å². The zero-order valence-corrected chi connectivity index (χ0v) is 11.8. The molecule has 0 aromatic heterocycles. The van der Waals surface area contributed by atoms with Crippen molar-refractivity contribution in [2.45, 2.75) is 38.5 Å². The van der Waals surface area contributed by atoms with Gasteiger partial charge in [-0.2, -0.15) is 0 Å². The molecule has 1 aliphatic rings. The van der Waals surface area contributed by atoms with Crippen molar-refractivity contribution in [1.29, 1.82) is 0 Å². The van der Waals surface area contributed by atoms with E-state index in [1.54, 1.807) is 0 Å². The third-order valence-corrected chi connectivity index (χ3v) is 4.11. The molecule has 0 heterocycles. The van der Waals surface area contributed by atoms with Crippen LogP contribution in [0.15, 0.2) is 0 Å². The number of rotatable bonds is 8. The molecule has 108 valence electrons. The Morgan fingerprint density at radius 1 is 1.00 bits per heavy atom. The van der Waals surface area contributed by atoms with Crippen LogP contribution < -0.4 is 5.32 Å². The van der Waals surface area contributed by atoms with Gasteiger partial charge in [-0.25, -0.2) is 0 Å². The highest BCUT2D eigenvalue weighted by molar-refractivity contribution is 4.86. The maximum Gasteiger partial charge on any atom is 0.0558 e. The minimum Gasteiger partial charge on any atom is -0.395 e. The predicted molar refractivity (Wildman–Crippen MR) is 74.7 cm³/mol. The fourth-order valence-corrected chi connectivity index (χ4v) is 3.27. The van der Waals surface area contributed by atoms with Gasteiger partial charge >= 0.3 is 0 Å². The Labute approximate surface area is 111 Å². The molecule has 0 bridgehead atoms. The van der Waals surface area contributed by atoms with Gasteiger partial charge in [0, 0.05) is 26.2 Å². The first-order valence-electron chi connectivity index (χ1n) is 7.35. The first-order valence-corrected chi connectivity index (χ1v) is 7.35. The Balaban J connectivity index is 2.62. The van der Waals surface area contributed by atoms with Crippen LogP contribution in [-0.2, 0) is 0 Å². The van der Waals surface area contributed by atoms with Crippen molar-refractivity contribution in [2.24, 2.45) is 5.41 Å². The molecule has 1 fully saturated rings. The van der Waals surface area contributed by atoms with Gasteiger partial charge in [0.1, 0.15) is 0 Å². The van der Waals surface area contributed by atoms with E-state index in [9.17, 15) is 0 Å². The Bertz CT molecular complexity index is 198. The first-order chi connectivity index (χ1) is 8.76. The lowest BCUT2D eigenvalue weighted by atomic mass is 9.79. The molecule has 0 aromatic carbocycles. The standard InChI is InChI=1S/C14H30N2O2/c1-15-12-14(6-4-2-3-5-7-14)13-16(8-10-17)9-11-18/h15,17-18H,2-13H2,1H3. The fraction of sp³-hybridized carbons (Fsp3) is 1.00. The van der Waals surface area contributed by atoms with E-state index in [1.165, 1.54) is 38.5 Å². The number of nitrogens with zero attached hydrogens (tertiary/aromatic N) is 1. The highest BCUT2D eigenvalue weighted by Crippen LogP contribution is 2.35. The molecule has 0 unspecified atom stereocenters. The van der Waals surface area contributed by atoms with Crippen molar-refractivity contribution in [3.8, 4) is 0 Å². The second kappa shape index (κ2) is 8.86. The van der Waals surface area contributed by atoms with Crippen LogP contribution in [0.5, 0.6) is 0 Å². The van der Waals surface area contributed by atoms with Gasteiger partial charge in [-0.05, 0) is 25.3 Å². The summed E-state index contributed by atoms with van der Waals surface area (Å²) in [6.45, 7) is 3.73. The van der Waals surface area contributed by atoms with Crippen LogP contribution in [-0.4, -0.2) is 61.6 Å². The van der Waals surface area contributed by atoms with Gasteiger partial charge < -0.3 is 15.5 Å². The van der Waals surface area contributed by atoms with Gasteiger partial charge in [-0.3, -0.25) is 4.90 Å². The average molecular weight is 258 g/mol. The van der Waals surface area contributed by atoms with Crippen LogP contribution in [0.3, 0.4) is 0 Å². The summed E-state index contributed by atoms with van der Waals surface area (Å²) in [7, 11) is 2.02. The van der Waals surface area contributed by atoms with E-state index in [0.717, 1.165) is 13.1 Å². The largest absolute Gasteiger partial charge is 0.395 e. The lowest BCUT2D eigenvalue weighted by molar-refractivity contribution is 0.0932. The highest BCUT2D eigenvalue weighted by atomic mass is 16.3. The van der Waals surface area contributed by atoms with E-state index >= 15 is 0 Å². The quantitative estimate of drug-likeness (QED) is 0.565. The second-order valence-corrected chi connectivity index (χ2v) is 5.67. The number of aliphatic hydroxyl groups excluding tert-OH is 2. The Morgan fingerprint density at radius 3 is 2.00 bits per heavy atom. The van der Waals surface area contributed by atoms with E-state index < -0.39 is 0 Å². The van der Waals surface area contributed by atoms with Crippen LogP contribution in [0.1, 0.15) is 38.5 Å². The summed E-state index contributed by atoms with van der Waals surface area (Å²) in [6, 6.07) is 0. The minimum atomic E-state index is 0.176. The van der Waals surface area contributed by atoms with Crippen molar-refractivity contribution in [1.82, 2.24) is 10.2 Å². The Hall–Kier alpha value is -0.160. The third-order valence-electron chi connectivity index (χ3n) is 4.11. The van der Waals surface area contributed by atoms with Crippen molar-refractivity contribution >= 4 is 0 Å². The van der Waals surface area contributed by atoms with Crippen LogP contribution in [0.4, 0.5) is 0 Å².